The summed E-state index contributed by atoms with van der Waals surface area (Å²) in [4.78, 5) is -0.00257. The molecule has 1 heterocycles. The molecule has 0 aliphatic carbocycles. The predicted octanol–water partition coefficient (Wildman–Crippen LogP) is 1.26. The Hall–Kier alpha value is -2.06. The Labute approximate surface area is 123 Å². The van der Waals surface area contributed by atoms with Gasteiger partial charge in [0.25, 0.3) is 10.0 Å². The van der Waals surface area contributed by atoms with Crippen molar-refractivity contribution in [2.75, 3.05) is 17.6 Å². The van der Waals surface area contributed by atoms with Crippen LogP contribution in [0.1, 0.15) is 11.3 Å². The lowest BCUT2D eigenvalue weighted by Gasteiger charge is -2.12. The Bertz CT molecular complexity index is 753. The number of hydrogen-bond acceptors (Lipinski definition) is 5. The third kappa shape index (κ3) is 3.01. The maximum atomic E-state index is 12.5. The zero-order valence-electron chi connectivity index (χ0n) is 12.1. The lowest BCUT2D eigenvalue weighted by atomic mass is 10.2. The number of benzene rings is 1. The van der Waals surface area contributed by atoms with Crippen molar-refractivity contribution in [2.24, 2.45) is 7.05 Å². The highest BCUT2D eigenvalue weighted by Crippen LogP contribution is 2.25. The number of sulfonamides is 1. The fourth-order valence-corrected chi connectivity index (χ4v) is 3.47. The second-order valence-electron chi connectivity index (χ2n) is 4.62. The standard InChI is InChI=1S/C13H18N4O3S/c1-9-12(13(14)15-17(9)2)21(18,19)16-11-7-5-4-6-10(11)8-20-3/h4-7,16H,8H2,1-3H3,(H2,14,15). The Balaban J connectivity index is 2.43. The Morgan fingerprint density at radius 3 is 2.62 bits per heavy atom. The molecule has 7 nitrogen and oxygen atoms in total. The summed E-state index contributed by atoms with van der Waals surface area (Å²) in [6.07, 6.45) is 0. The number of anilines is 2. The molecule has 0 aliphatic rings. The van der Waals surface area contributed by atoms with Crippen molar-refractivity contribution in [3.63, 3.8) is 0 Å². The van der Waals surface area contributed by atoms with Gasteiger partial charge in [0.2, 0.25) is 0 Å². The first-order chi connectivity index (χ1) is 9.86. The molecule has 0 aliphatic heterocycles. The van der Waals surface area contributed by atoms with Gasteiger partial charge in [0.1, 0.15) is 0 Å². The smallest absolute Gasteiger partial charge is 0.267 e. The van der Waals surface area contributed by atoms with Gasteiger partial charge in [-0.15, -0.1) is 0 Å². The van der Waals surface area contributed by atoms with Gasteiger partial charge in [-0.1, -0.05) is 18.2 Å². The topological polar surface area (TPSA) is 99.2 Å². The van der Waals surface area contributed by atoms with E-state index < -0.39 is 10.0 Å². The molecule has 0 saturated carbocycles. The molecule has 0 saturated heterocycles. The molecule has 0 spiro atoms. The largest absolute Gasteiger partial charge is 0.381 e. The third-order valence-corrected chi connectivity index (χ3v) is 4.67. The minimum absolute atomic E-state index is 0.00257. The number of aryl methyl sites for hydroxylation is 1. The Morgan fingerprint density at radius 1 is 1.38 bits per heavy atom. The van der Waals surface area contributed by atoms with Crippen molar-refractivity contribution in [3.8, 4) is 0 Å². The van der Waals surface area contributed by atoms with E-state index in [0.29, 0.717) is 18.0 Å². The van der Waals surface area contributed by atoms with Gasteiger partial charge in [-0.3, -0.25) is 9.40 Å². The Kier molecular flexibility index (Phi) is 4.19. The van der Waals surface area contributed by atoms with Crippen LogP contribution in [-0.2, 0) is 28.4 Å². The van der Waals surface area contributed by atoms with E-state index in [4.69, 9.17) is 10.5 Å². The van der Waals surface area contributed by atoms with Crippen molar-refractivity contribution in [1.82, 2.24) is 9.78 Å². The lowest BCUT2D eigenvalue weighted by molar-refractivity contribution is 0.185. The molecule has 1 aromatic carbocycles. The molecule has 0 unspecified atom stereocenters. The highest BCUT2D eigenvalue weighted by Gasteiger charge is 2.25. The lowest BCUT2D eigenvalue weighted by Crippen LogP contribution is -2.16. The summed E-state index contributed by atoms with van der Waals surface area (Å²) >= 11 is 0. The second kappa shape index (κ2) is 5.74. The monoisotopic (exact) mass is 310 g/mol. The van der Waals surface area contributed by atoms with Gasteiger partial charge in [-0.25, -0.2) is 8.42 Å². The number of ether oxygens (including phenoxy) is 1. The van der Waals surface area contributed by atoms with Crippen molar-refractivity contribution in [1.29, 1.82) is 0 Å². The molecule has 0 amide bonds. The summed E-state index contributed by atoms with van der Waals surface area (Å²) in [5.41, 5.74) is 7.38. The van der Waals surface area contributed by atoms with Crippen LogP contribution in [0.15, 0.2) is 29.2 Å². The predicted molar refractivity (Wildman–Crippen MR) is 80.3 cm³/mol. The molecule has 3 N–H and O–H groups in total. The van der Waals surface area contributed by atoms with Crippen LogP contribution in [0.3, 0.4) is 0 Å². The van der Waals surface area contributed by atoms with Crippen molar-refractivity contribution in [2.45, 2.75) is 18.4 Å². The molecule has 2 aromatic rings. The molecule has 0 radical (unpaired) electrons. The van der Waals surface area contributed by atoms with Crippen molar-refractivity contribution < 1.29 is 13.2 Å². The average Bonchev–Trinajstić information content (AvgIpc) is 2.66. The minimum atomic E-state index is -3.81. The SMILES string of the molecule is COCc1ccccc1NS(=O)(=O)c1c(N)nn(C)c1C. The van der Waals surface area contributed by atoms with E-state index in [9.17, 15) is 8.42 Å². The Morgan fingerprint density at radius 2 is 2.05 bits per heavy atom. The molecule has 2 rings (SSSR count). The van der Waals surface area contributed by atoms with Gasteiger partial charge < -0.3 is 10.5 Å². The van der Waals surface area contributed by atoms with Crippen molar-refractivity contribution in [3.05, 3.63) is 35.5 Å². The van der Waals surface area contributed by atoms with E-state index in [1.165, 1.54) is 4.68 Å². The average molecular weight is 310 g/mol. The number of nitrogens with zero attached hydrogens (tertiary/aromatic N) is 2. The highest BCUT2D eigenvalue weighted by atomic mass is 32.2. The third-order valence-electron chi connectivity index (χ3n) is 3.13. The number of para-hydroxylation sites is 1. The van der Waals surface area contributed by atoms with Crippen LogP contribution in [0.5, 0.6) is 0 Å². The van der Waals surface area contributed by atoms with Gasteiger partial charge in [0.15, 0.2) is 10.7 Å². The quantitative estimate of drug-likeness (QED) is 0.866. The number of nitrogens with two attached hydrogens (primary N) is 1. The summed E-state index contributed by atoms with van der Waals surface area (Å²) in [5.74, 6) is -0.0216. The summed E-state index contributed by atoms with van der Waals surface area (Å²) in [6, 6.07) is 7.03. The van der Waals surface area contributed by atoms with Gasteiger partial charge in [0.05, 0.1) is 18.0 Å². The number of nitrogen functional groups attached to an aromatic ring is 1. The molecule has 0 bridgehead atoms. The van der Waals surface area contributed by atoms with Gasteiger partial charge in [0, 0.05) is 19.7 Å². The van der Waals surface area contributed by atoms with E-state index in [2.05, 4.69) is 9.82 Å². The van der Waals surface area contributed by atoms with E-state index in [1.54, 1.807) is 39.3 Å². The minimum Gasteiger partial charge on any atom is -0.381 e. The second-order valence-corrected chi connectivity index (χ2v) is 6.24. The number of rotatable bonds is 5. The molecule has 0 atom stereocenters. The summed E-state index contributed by atoms with van der Waals surface area (Å²) in [7, 11) is -0.616. The molecule has 21 heavy (non-hydrogen) atoms. The number of aromatic nitrogens is 2. The fraction of sp³-hybridized carbons (Fsp3) is 0.308. The first-order valence-corrected chi connectivity index (χ1v) is 7.74. The first kappa shape index (κ1) is 15.3. The van der Waals surface area contributed by atoms with Gasteiger partial charge >= 0.3 is 0 Å². The number of nitrogens with one attached hydrogen (secondary N) is 1. The maximum Gasteiger partial charge on any atom is 0.267 e. The normalized spacial score (nSPS) is 11.6. The van der Waals surface area contributed by atoms with Crippen LogP contribution < -0.4 is 10.5 Å². The maximum absolute atomic E-state index is 12.5. The van der Waals surface area contributed by atoms with Crippen LogP contribution in [-0.4, -0.2) is 25.3 Å². The van der Waals surface area contributed by atoms with Crippen molar-refractivity contribution >= 4 is 21.5 Å². The molecule has 8 heteroatoms. The highest BCUT2D eigenvalue weighted by molar-refractivity contribution is 7.93. The molecule has 114 valence electrons. The molecule has 1 aromatic heterocycles. The van der Waals surface area contributed by atoms with Gasteiger partial charge in [-0.05, 0) is 13.0 Å². The van der Waals surface area contributed by atoms with Crippen LogP contribution >= 0.6 is 0 Å². The summed E-state index contributed by atoms with van der Waals surface area (Å²) in [6.45, 7) is 1.96. The summed E-state index contributed by atoms with van der Waals surface area (Å²) < 4.78 is 34.1. The van der Waals surface area contributed by atoms with E-state index in [0.717, 1.165) is 5.56 Å². The molecular weight excluding hydrogens is 292 g/mol. The van der Waals surface area contributed by atoms with Crippen LogP contribution in [0, 0.1) is 6.92 Å². The van der Waals surface area contributed by atoms with E-state index >= 15 is 0 Å². The summed E-state index contributed by atoms with van der Waals surface area (Å²) in [5, 5.41) is 3.93. The van der Waals surface area contributed by atoms with E-state index in [-0.39, 0.29) is 10.7 Å². The van der Waals surface area contributed by atoms with Gasteiger partial charge in [-0.2, -0.15) is 5.10 Å². The number of methoxy groups -OCH3 is 1. The van der Waals surface area contributed by atoms with Crippen LogP contribution in [0.25, 0.3) is 0 Å². The zero-order chi connectivity index (χ0) is 15.6. The van der Waals surface area contributed by atoms with Crippen LogP contribution in [0.4, 0.5) is 11.5 Å². The van der Waals surface area contributed by atoms with Crippen LogP contribution in [0.2, 0.25) is 0 Å². The molecule has 0 fully saturated rings. The number of hydrogen-bond donors (Lipinski definition) is 2. The zero-order valence-corrected chi connectivity index (χ0v) is 12.9. The fourth-order valence-electron chi connectivity index (χ4n) is 2.04. The molecular formula is C13H18N4O3S. The first-order valence-electron chi connectivity index (χ1n) is 6.25. The van der Waals surface area contributed by atoms with E-state index in [1.807, 2.05) is 6.07 Å².